The molecule has 1 aromatic heterocycles. The number of aromatic nitrogens is 2. The van der Waals surface area contributed by atoms with E-state index in [9.17, 15) is 10.1 Å². The molecule has 20 heavy (non-hydrogen) atoms. The zero-order valence-electron chi connectivity index (χ0n) is 9.92. The fourth-order valence-electron chi connectivity index (χ4n) is 1.34. The van der Waals surface area contributed by atoms with E-state index in [1.165, 1.54) is 12.4 Å². The summed E-state index contributed by atoms with van der Waals surface area (Å²) in [6.07, 6.45) is 2.99. The van der Waals surface area contributed by atoms with Crippen LogP contribution in [0, 0.1) is 10.1 Å². The van der Waals surface area contributed by atoms with Gasteiger partial charge in [0, 0.05) is 36.6 Å². The van der Waals surface area contributed by atoms with E-state index in [4.69, 9.17) is 33.7 Å². The van der Waals surface area contributed by atoms with Gasteiger partial charge in [-0.2, -0.15) is 0 Å². The highest BCUT2D eigenvalue weighted by atomic mass is 35.5. The highest BCUT2D eigenvalue weighted by Crippen LogP contribution is 2.38. The summed E-state index contributed by atoms with van der Waals surface area (Å²) in [4.78, 5) is 17.9. The van der Waals surface area contributed by atoms with Crippen LogP contribution < -0.4 is 10.5 Å². The van der Waals surface area contributed by atoms with Gasteiger partial charge in [-0.3, -0.25) is 10.1 Å². The third kappa shape index (κ3) is 3.13. The summed E-state index contributed by atoms with van der Waals surface area (Å²) in [5.41, 5.74) is 5.92. The first kappa shape index (κ1) is 14.4. The quantitative estimate of drug-likeness (QED) is 0.687. The molecule has 0 saturated heterocycles. The molecule has 0 amide bonds. The van der Waals surface area contributed by atoms with Crippen LogP contribution >= 0.6 is 23.2 Å². The Bertz CT molecular complexity index is 626. The van der Waals surface area contributed by atoms with Gasteiger partial charge in [0.1, 0.15) is 0 Å². The van der Waals surface area contributed by atoms with Gasteiger partial charge in [-0.05, 0) is 0 Å². The van der Waals surface area contributed by atoms with Crippen molar-refractivity contribution in [2.45, 2.75) is 6.54 Å². The first-order valence-corrected chi connectivity index (χ1v) is 6.09. The number of rotatable bonds is 4. The van der Waals surface area contributed by atoms with E-state index >= 15 is 0 Å². The average Bonchev–Trinajstić information content (AvgIpc) is 2.43. The smallest absolute Gasteiger partial charge is 0.321 e. The van der Waals surface area contributed by atoms with E-state index in [1.54, 1.807) is 0 Å². The van der Waals surface area contributed by atoms with Crippen LogP contribution in [0.5, 0.6) is 11.8 Å². The summed E-state index contributed by atoms with van der Waals surface area (Å²) < 4.78 is 5.32. The molecule has 0 saturated carbocycles. The Hall–Kier alpha value is -1.96. The van der Waals surface area contributed by atoms with Crippen molar-refractivity contribution in [2.75, 3.05) is 0 Å². The van der Waals surface area contributed by atoms with Crippen LogP contribution in [-0.4, -0.2) is 14.9 Å². The SMILES string of the molecule is NCc1cnc(Oc2c(Cl)cc([N+](=O)[O-])cc2Cl)nc1. The van der Waals surface area contributed by atoms with Crippen molar-refractivity contribution in [3.8, 4) is 11.8 Å². The lowest BCUT2D eigenvalue weighted by Crippen LogP contribution is -2.00. The van der Waals surface area contributed by atoms with Crippen LogP contribution in [0.15, 0.2) is 24.5 Å². The largest absolute Gasteiger partial charge is 0.421 e. The summed E-state index contributed by atoms with van der Waals surface area (Å²) in [7, 11) is 0. The highest BCUT2D eigenvalue weighted by Gasteiger charge is 2.17. The van der Waals surface area contributed by atoms with Crippen LogP contribution in [0.25, 0.3) is 0 Å². The minimum atomic E-state index is -0.603. The summed E-state index contributed by atoms with van der Waals surface area (Å²) in [5.74, 6) is 0.0550. The zero-order valence-corrected chi connectivity index (χ0v) is 11.4. The standard InChI is InChI=1S/C11H8Cl2N4O3/c12-8-1-7(17(18)19)2-9(13)10(8)20-11-15-4-6(3-14)5-16-11/h1-2,4-5H,3,14H2. The molecule has 0 fully saturated rings. The summed E-state index contributed by atoms with van der Waals surface area (Å²) >= 11 is 11.8. The Morgan fingerprint density at radius 1 is 1.25 bits per heavy atom. The van der Waals surface area contributed by atoms with Crippen molar-refractivity contribution < 1.29 is 9.66 Å². The topological polar surface area (TPSA) is 104 Å². The summed E-state index contributed by atoms with van der Waals surface area (Å²) in [6, 6.07) is 2.29. The molecule has 0 aliphatic carbocycles. The van der Waals surface area contributed by atoms with Gasteiger partial charge in [0.05, 0.1) is 15.0 Å². The number of non-ortho nitro benzene ring substituents is 1. The minimum Gasteiger partial charge on any atom is -0.421 e. The van der Waals surface area contributed by atoms with E-state index in [-0.39, 0.29) is 27.5 Å². The van der Waals surface area contributed by atoms with Gasteiger partial charge in [-0.15, -0.1) is 0 Å². The molecule has 0 aliphatic rings. The fourth-order valence-corrected chi connectivity index (χ4v) is 1.89. The molecule has 0 radical (unpaired) electrons. The number of halogens is 2. The number of ether oxygens (including phenoxy) is 1. The van der Waals surface area contributed by atoms with Gasteiger partial charge >= 0.3 is 6.01 Å². The molecule has 2 aromatic rings. The third-order valence-electron chi connectivity index (χ3n) is 2.30. The van der Waals surface area contributed by atoms with Gasteiger partial charge in [0.25, 0.3) is 5.69 Å². The molecule has 9 heteroatoms. The number of nitrogens with two attached hydrogens (primary N) is 1. The molecule has 0 unspecified atom stereocenters. The lowest BCUT2D eigenvalue weighted by atomic mass is 10.3. The lowest BCUT2D eigenvalue weighted by molar-refractivity contribution is -0.384. The Labute approximate surface area is 123 Å². The van der Waals surface area contributed by atoms with Crippen molar-refractivity contribution in [2.24, 2.45) is 5.73 Å². The molecule has 0 aliphatic heterocycles. The zero-order chi connectivity index (χ0) is 14.7. The van der Waals surface area contributed by atoms with Gasteiger partial charge in [0.15, 0.2) is 5.75 Å². The monoisotopic (exact) mass is 314 g/mol. The van der Waals surface area contributed by atoms with Crippen LogP contribution in [0.3, 0.4) is 0 Å². The molecule has 0 spiro atoms. The second-order valence-electron chi connectivity index (χ2n) is 3.68. The van der Waals surface area contributed by atoms with Crippen molar-refractivity contribution in [3.05, 3.63) is 50.2 Å². The molecule has 1 aromatic carbocycles. The predicted molar refractivity (Wildman–Crippen MR) is 73.1 cm³/mol. The van der Waals surface area contributed by atoms with Crippen molar-refractivity contribution in [1.82, 2.24) is 9.97 Å². The van der Waals surface area contributed by atoms with E-state index in [0.29, 0.717) is 6.54 Å². The van der Waals surface area contributed by atoms with Crippen LogP contribution in [0.2, 0.25) is 10.0 Å². The molecule has 1 heterocycles. The molecule has 0 bridgehead atoms. The highest BCUT2D eigenvalue weighted by molar-refractivity contribution is 6.37. The summed E-state index contributed by atoms with van der Waals surface area (Å²) in [6.45, 7) is 0.305. The molecule has 7 nitrogen and oxygen atoms in total. The Kier molecular flexibility index (Phi) is 4.33. The molecule has 104 valence electrons. The van der Waals surface area contributed by atoms with Crippen molar-refractivity contribution in [3.63, 3.8) is 0 Å². The summed E-state index contributed by atoms with van der Waals surface area (Å²) in [5, 5.41) is 10.6. The van der Waals surface area contributed by atoms with Gasteiger partial charge in [-0.25, -0.2) is 9.97 Å². The molecule has 2 N–H and O–H groups in total. The second kappa shape index (κ2) is 6.00. The predicted octanol–water partition coefficient (Wildman–Crippen LogP) is 2.94. The third-order valence-corrected chi connectivity index (χ3v) is 2.87. The normalized spacial score (nSPS) is 10.3. The fraction of sp³-hybridized carbons (Fsp3) is 0.0909. The van der Waals surface area contributed by atoms with Gasteiger partial charge < -0.3 is 10.5 Å². The number of hydrogen-bond acceptors (Lipinski definition) is 6. The Morgan fingerprint density at radius 3 is 2.25 bits per heavy atom. The van der Waals surface area contributed by atoms with E-state index in [2.05, 4.69) is 9.97 Å². The van der Waals surface area contributed by atoms with E-state index in [0.717, 1.165) is 17.7 Å². The van der Waals surface area contributed by atoms with Crippen molar-refractivity contribution >= 4 is 28.9 Å². The van der Waals surface area contributed by atoms with Crippen LogP contribution in [-0.2, 0) is 6.54 Å². The Balaban J connectivity index is 2.30. The first-order chi connectivity index (χ1) is 9.51. The second-order valence-corrected chi connectivity index (χ2v) is 4.49. The van der Waals surface area contributed by atoms with Crippen molar-refractivity contribution in [1.29, 1.82) is 0 Å². The first-order valence-electron chi connectivity index (χ1n) is 5.33. The van der Waals surface area contributed by atoms with Gasteiger partial charge in [-0.1, -0.05) is 23.2 Å². The number of nitrogens with zero attached hydrogens (tertiary/aromatic N) is 3. The lowest BCUT2D eigenvalue weighted by Gasteiger charge is -2.07. The number of nitro benzene ring substituents is 1. The maximum Gasteiger partial charge on any atom is 0.321 e. The van der Waals surface area contributed by atoms with E-state index < -0.39 is 4.92 Å². The van der Waals surface area contributed by atoms with Gasteiger partial charge in [0.2, 0.25) is 0 Å². The average molecular weight is 315 g/mol. The molecule has 2 rings (SSSR count). The Morgan fingerprint density at radius 2 is 1.80 bits per heavy atom. The van der Waals surface area contributed by atoms with E-state index in [1.807, 2.05) is 0 Å². The maximum absolute atomic E-state index is 10.7. The number of hydrogen-bond donors (Lipinski definition) is 1. The molecular formula is C11H8Cl2N4O3. The molecular weight excluding hydrogens is 307 g/mol. The molecule has 0 atom stereocenters. The van der Waals surface area contributed by atoms with Crippen LogP contribution in [0.4, 0.5) is 5.69 Å². The van der Waals surface area contributed by atoms with Crippen LogP contribution in [0.1, 0.15) is 5.56 Å². The maximum atomic E-state index is 10.7. The number of nitro groups is 1. The minimum absolute atomic E-state index is 0.00398. The number of benzene rings is 1.